The second kappa shape index (κ2) is 3.70. The summed E-state index contributed by atoms with van der Waals surface area (Å²) in [6.45, 7) is 8.89. The lowest BCUT2D eigenvalue weighted by molar-refractivity contribution is 0.564. The summed E-state index contributed by atoms with van der Waals surface area (Å²) in [6, 6.07) is 5.79. The van der Waals surface area contributed by atoms with Crippen molar-refractivity contribution in [3.8, 4) is 0 Å². The van der Waals surface area contributed by atoms with Crippen molar-refractivity contribution in [3.05, 3.63) is 24.0 Å². The van der Waals surface area contributed by atoms with Gasteiger partial charge in [-0.3, -0.25) is 4.98 Å². The van der Waals surface area contributed by atoms with Crippen molar-refractivity contribution in [1.29, 1.82) is 0 Å². The molecule has 92 valence electrons. The molecule has 0 aromatic carbocycles. The van der Waals surface area contributed by atoms with E-state index in [4.69, 9.17) is 0 Å². The summed E-state index contributed by atoms with van der Waals surface area (Å²) in [5.41, 5.74) is 2.60. The molecular weight excluding hydrogens is 210 g/mol. The standard InChI is InChI=1S/C14H21N3/c1-14(2,3)13-5-4-11(7-16-13)17-9-10-6-12(17)8-15-10/h4-5,7,10,12,15H,6,8-9H2,1-3H3/t10-,12-/m1/s1. The Hall–Kier alpha value is -1.09. The molecule has 2 aliphatic heterocycles. The number of hydrogen-bond acceptors (Lipinski definition) is 3. The molecule has 2 atom stereocenters. The zero-order chi connectivity index (χ0) is 12.0. The predicted octanol–water partition coefficient (Wildman–Crippen LogP) is 1.93. The summed E-state index contributed by atoms with van der Waals surface area (Å²) >= 11 is 0. The van der Waals surface area contributed by atoms with Gasteiger partial charge in [0.2, 0.25) is 0 Å². The van der Waals surface area contributed by atoms with E-state index in [0.717, 1.165) is 13.1 Å². The Balaban J connectivity index is 1.81. The number of nitrogens with one attached hydrogen (secondary N) is 1. The number of pyridine rings is 1. The van der Waals surface area contributed by atoms with Gasteiger partial charge in [-0.1, -0.05) is 20.8 Å². The van der Waals surface area contributed by atoms with E-state index in [-0.39, 0.29) is 5.41 Å². The third-order valence-corrected chi connectivity index (χ3v) is 3.90. The zero-order valence-corrected chi connectivity index (χ0v) is 10.9. The summed E-state index contributed by atoms with van der Waals surface area (Å²) < 4.78 is 0. The summed E-state index contributed by atoms with van der Waals surface area (Å²) in [5.74, 6) is 0. The number of piperazine rings is 1. The van der Waals surface area contributed by atoms with Gasteiger partial charge in [0, 0.05) is 36.3 Å². The molecule has 2 aliphatic rings. The maximum atomic E-state index is 4.62. The summed E-state index contributed by atoms with van der Waals surface area (Å²) in [5, 5.41) is 3.53. The molecule has 17 heavy (non-hydrogen) atoms. The monoisotopic (exact) mass is 231 g/mol. The number of hydrogen-bond donors (Lipinski definition) is 1. The van der Waals surface area contributed by atoms with E-state index < -0.39 is 0 Å². The van der Waals surface area contributed by atoms with Gasteiger partial charge in [0.25, 0.3) is 0 Å². The normalized spacial score (nSPS) is 27.8. The van der Waals surface area contributed by atoms with E-state index in [2.05, 4.69) is 48.1 Å². The molecular formula is C14H21N3. The summed E-state index contributed by atoms with van der Waals surface area (Å²) in [6.07, 6.45) is 3.34. The first-order valence-corrected chi connectivity index (χ1v) is 6.50. The first-order chi connectivity index (χ1) is 8.04. The molecule has 1 aromatic heterocycles. The number of aromatic nitrogens is 1. The topological polar surface area (TPSA) is 28.2 Å². The van der Waals surface area contributed by atoms with Crippen molar-refractivity contribution in [3.63, 3.8) is 0 Å². The number of nitrogens with zero attached hydrogens (tertiary/aromatic N) is 2. The van der Waals surface area contributed by atoms with Gasteiger partial charge < -0.3 is 10.2 Å². The zero-order valence-electron chi connectivity index (χ0n) is 10.9. The van der Waals surface area contributed by atoms with Crippen LogP contribution in [0.5, 0.6) is 0 Å². The molecule has 2 saturated heterocycles. The Morgan fingerprint density at radius 3 is 2.65 bits per heavy atom. The Bertz CT molecular complexity index is 404. The molecule has 1 aromatic rings. The van der Waals surface area contributed by atoms with Crippen LogP contribution in [0.15, 0.2) is 18.3 Å². The third kappa shape index (κ3) is 1.93. The Morgan fingerprint density at radius 2 is 2.18 bits per heavy atom. The van der Waals surface area contributed by atoms with E-state index in [1.165, 1.54) is 17.8 Å². The average molecular weight is 231 g/mol. The van der Waals surface area contributed by atoms with Crippen molar-refractivity contribution in [1.82, 2.24) is 10.3 Å². The maximum absolute atomic E-state index is 4.62. The highest BCUT2D eigenvalue weighted by atomic mass is 15.3. The summed E-state index contributed by atoms with van der Waals surface area (Å²) in [4.78, 5) is 7.12. The Morgan fingerprint density at radius 1 is 1.35 bits per heavy atom. The number of anilines is 1. The molecule has 1 N–H and O–H groups in total. The van der Waals surface area contributed by atoms with E-state index in [0.29, 0.717) is 12.1 Å². The van der Waals surface area contributed by atoms with Gasteiger partial charge in [0.05, 0.1) is 11.9 Å². The molecule has 0 unspecified atom stereocenters. The molecule has 3 nitrogen and oxygen atoms in total. The summed E-state index contributed by atoms with van der Waals surface area (Å²) in [7, 11) is 0. The first-order valence-electron chi connectivity index (χ1n) is 6.50. The van der Waals surface area contributed by atoms with Crippen molar-refractivity contribution < 1.29 is 0 Å². The second-order valence-electron chi connectivity index (χ2n) is 6.30. The average Bonchev–Trinajstić information content (AvgIpc) is 2.89. The highest BCUT2D eigenvalue weighted by Crippen LogP contribution is 2.30. The fraction of sp³-hybridized carbons (Fsp3) is 0.643. The lowest BCUT2D eigenvalue weighted by Crippen LogP contribution is -2.43. The highest BCUT2D eigenvalue weighted by Gasteiger charge is 2.37. The third-order valence-electron chi connectivity index (χ3n) is 3.90. The van der Waals surface area contributed by atoms with Crippen LogP contribution >= 0.6 is 0 Å². The minimum Gasteiger partial charge on any atom is -0.364 e. The van der Waals surface area contributed by atoms with Crippen LogP contribution in [0.1, 0.15) is 32.9 Å². The molecule has 3 rings (SSSR count). The largest absolute Gasteiger partial charge is 0.364 e. The van der Waals surface area contributed by atoms with E-state index in [9.17, 15) is 0 Å². The van der Waals surface area contributed by atoms with Crippen LogP contribution in [0.4, 0.5) is 5.69 Å². The molecule has 0 aliphatic carbocycles. The van der Waals surface area contributed by atoms with Gasteiger partial charge in [-0.05, 0) is 18.6 Å². The quantitative estimate of drug-likeness (QED) is 0.800. The van der Waals surface area contributed by atoms with Crippen LogP contribution in [0.25, 0.3) is 0 Å². The molecule has 2 fully saturated rings. The van der Waals surface area contributed by atoms with Crippen LogP contribution in [0.3, 0.4) is 0 Å². The SMILES string of the molecule is CC(C)(C)c1ccc(N2C[C@H]3C[C@@H]2CN3)cn1. The van der Waals surface area contributed by atoms with Crippen molar-refractivity contribution >= 4 is 5.69 Å². The van der Waals surface area contributed by atoms with Crippen molar-refractivity contribution in [2.24, 2.45) is 0 Å². The highest BCUT2D eigenvalue weighted by molar-refractivity contribution is 5.49. The molecule has 3 heteroatoms. The molecule has 0 amide bonds. The van der Waals surface area contributed by atoms with Crippen LogP contribution in [0.2, 0.25) is 0 Å². The predicted molar refractivity (Wildman–Crippen MR) is 70.5 cm³/mol. The van der Waals surface area contributed by atoms with E-state index >= 15 is 0 Å². The van der Waals surface area contributed by atoms with Gasteiger partial charge in [0.1, 0.15) is 0 Å². The Labute approximate surface area is 103 Å². The van der Waals surface area contributed by atoms with E-state index in [1.54, 1.807) is 0 Å². The van der Waals surface area contributed by atoms with Gasteiger partial charge >= 0.3 is 0 Å². The molecule has 2 bridgehead atoms. The second-order valence-corrected chi connectivity index (χ2v) is 6.30. The van der Waals surface area contributed by atoms with Crippen LogP contribution < -0.4 is 10.2 Å². The fourth-order valence-electron chi connectivity index (χ4n) is 2.88. The number of rotatable bonds is 1. The van der Waals surface area contributed by atoms with Crippen molar-refractivity contribution in [2.75, 3.05) is 18.0 Å². The van der Waals surface area contributed by atoms with Crippen LogP contribution in [-0.4, -0.2) is 30.2 Å². The first kappa shape index (κ1) is 11.0. The lowest BCUT2D eigenvalue weighted by atomic mass is 9.92. The van der Waals surface area contributed by atoms with Crippen LogP contribution in [0, 0.1) is 0 Å². The van der Waals surface area contributed by atoms with Crippen molar-refractivity contribution in [2.45, 2.75) is 44.7 Å². The van der Waals surface area contributed by atoms with Gasteiger partial charge in [-0.25, -0.2) is 0 Å². The maximum Gasteiger partial charge on any atom is 0.0556 e. The molecule has 3 heterocycles. The minimum atomic E-state index is 0.143. The fourth-order valence-corrected chi connectivity index (χ4v) is 2.88. The Kier molecular flexibility index (Phi) is 2.40. The smallest absolute Gasteiger partial charge is 0.0556 e. The van der Waals surface area contributed by atoms with Gasteiger partial charge in [0.15, 0.2) is 0 Å². The van der Waals surface area contributed by atoms with Crippen LogP contribution in [-0.2, 0) is 5.41 Å². The molecule has 0 spiro atoms. The van der Waals surface area contributed by atoms with E-state index in [1.807, 2.05) is 6.20 Å². The van der Waals surface area contributed by atoms with Gasteiger partial charge in [-0.2, -0.15) is 0 Å². The molecule has 0 saturated carbocycles. The molecule has 0 radical (unpaired) electrons. The minimum absolute atomic E-state index is 0.143. The van der Waals surface area contributed by atoms with Gasteiger partial charge in [-0.15, -0.1) is 0 Å². The number of fused-ring (bicyclic) bond motifs is 2. The lowest BCUT2D eigenvalue weighted by Gasteiger charge is -2.29.